The number of benzene rings is 1. The van der Waals surface area contributed by atoms with Crippen molar-refractivity contribution in [3.63, 3.8) is 0 Å². The second-order valence-corrected chi connectivity index (χ2v) is 4.54. The van der Waals surface area contributed by atoms with E-state index in [-0.39, 0.29) is 5.56 Å². The van der Waals surface area contributed by atoms with E-state index in [0.717, 1.165) is 5.56 Å². The van der Waals surface area contributed by atoms with Crippen molar-refractivity contribution in [2.24, 2.45) is 0 Å². The van der Waals surface area contributed by atoms with Crippen LogP contribution in [0.1, 0.15) is 18.1 Å². The molecular formula is C10H10FNOS. The summed E-state index contributed by atoms with van der Waals surface area (Å²) in [6.45, 7) is 1.82. The van der Waals surface area contributed by atoms with Gasteiger partial charge in [-0.15, -0.1) is 0 Å². The third-order valence-corrected chi connectivity index (χ3v) is 3.10. The summed E-state index contributed by atoms with van der Waals surface area (Å²) in [6.07, 6.45) is 0. The fourth-order valence-electron chi connectivity index (χ4n) is 1.04. The second-order valence-electron chi connectivity index (χ2n) is 2.80. The van der Waals surface area contributed by atoms with E-state index in [0.29, 0.717) is 11.5 Å². The molecule has 1 unspecified atom stereocenters. The molecule has 0 radical (unpaired) electrons. The largest absolute Gasteiger partial charge is 0.259 e. The minimum atomic E-state index is -0.927. The van der Waals surface area contributed by atoms with Gasteiger partial charge in [0.15, 0.2) is 0 Å². The molecule has 0 aliphatic rings. The molecule has 0 bridgehead atoms. The average molecular weight is 211 g/mol. The highest BCUT2D eigenvalue weighted by Gasteiger charge is 2.04. The molecule has 4 heteroatoms. The lowest BCUT2D eigenvalue weighted by molar-refractivity contribution is 0.623. The van der Waals surface area contributed by atoms with Gasteiger partial charge in [0.05, 0.1) is 5.56 Å². The van der Waals surface area contributed by atoms with Crippen molar-refractivity contribution >= 4 is 10.8 Å². The van der Waals surface area contributed by atoms with Crippen LogP contribution in [0.25, 0.3) is 0 Å². The summed E-state index contributed by atoms with van der Waals surface area (Å²) in [5.74, 6) is 0.420. The Hall–Kier alpha value is -1.21. The molecule has 0 aliphatic heterocycles. The van der Waals surface area contributed by atoms with Crippen LogP contribution >= 0.6 is 0 Å². The van der Waals surface area contributed by atoms with Crippen LogP contribution in [0.4, 0.5) is 4.39 Å². The molecule has 0 aromatic heterocycles. The van der Waals surface area contributed by atoms with E-state index in [2.05, 4.69) is 0 Å². The van der Waals surface area contributed by atoms with Gasteiger partial charge >= 0.3 is 0 Å². The van der Waals surface area contributed by atoms with Crippen molar-refractivity contribution in [1.29, 1.82) is 5.26 Å². The summed E-state index contributed by atoms with van der Waals surface area (Å²) >= 11 is 0. The smallest absolute Gasteiger partial charge is 0.140 e. The lowest BCUT2D eigenvalue weighted by Crippen LogP contribution is -1.98. The normalized spacial score (nSPS) is 12.1. The number of hydrogen-bond acceptors (Lipinski definition) is 2. The molecular weight excluding hydrogens is 201 g/mol. The summed E-state index contributed by atoms with van der Waals surface area (Å²) in [4.78, 5) is 0. The standard InChI is InChI=1S/C10H10FNOS/c1-2-14(13)7-8-3-4-10(11)9(5-8)6-12/h3-5H,2,7H2,1H3. The minimum Gasteiger partial charge on any atom is -0.259 e. The monoisotopic (exact) mass is 211 g/mol. The van der Waals surface area contributed by atoms with E-state index in [1.54, 1.807) is 12.1 Å². The third kappa shape index (κ3) is 2.64. The molecule has 14 heavy (non-hydrogen) atoms. The summed E-state index contributed by atoms with van der Waals surface area (Å²) in [5, 5.41) is 8.57. The SMILES string of the molecule is CCS(=O)Cc1ccc(F)c(C#N)c1. The minimum absolute atomic E-state index is 0.00982. The molecule has 1 aromatic carbocycles. The predicted molar refractivity (Wildman–Crippen MR) is 53.5 cm³/mol. The lowest BCUT2D eigenvalue weighted by atomic mass is 10.1. The zero-order valence-electron chi connectivity index (χ0n) is 7.79. The fraction of sp³-hybridized carbons (Fsp3) is 0.300. The van der Waals surface area contributed by atoms with E-state index >= 15 is 0 Å². The molecule has 2 nitrogen and oxygen atoms in total. The van der Waals surface area contributed by atoms with Gasteiger partial charge in [0.2, 0.25) is 0 Å². The van der Waals surface area contributed by atoms with Gasteiger partial charge in [0.1, 0.15) is 11.9 Å². The summed E-state index contributed by atoms with van der Waals surface area (Å²) in [7, 11) is -0.927. The third-order valence-electron chi connectivity index (χ3n) is 1.80. The van der Waals surface area contributed by atoms with Crippen LogP contribution in [0, 0.1) is 17.1 Å². The number of hydrogen-bond donors (Lipinski definition) is 0. The summed E-state index contributed by atoms with van der Waals surface area (Å²) in [6, 6.07) is 6.00. The number of nitriles is 1. The molecule has 0 fully saturated rings. The van der Waals surface area contributed by atoms with Crippen LogP contribution in [0.15, 0.2) is 18.2 Å². The lowest BCUT2D eigenvalue weighted by Gasteiger charge is -2.00. The van der Waals surface area contributed by atoms with Gasteiger partial charge in [-0.25, -0.2) is 4.39 Å². The van der Waals surface area contributed by atoms with Gasteiger partial charge in [-0.3, -0.25) is 4.21 Å². The van der Waals surface area contributed by atoms with Gasteiger partial charge in [-0.05, 0) is 17.7 Å². The quantitative estimate of drug-likeness (QED) is 0.767. The van der Waals surface area contributed by atoms with Crippen molar-refractivity contribution in [3.05, 3.63) is 35.1 Å². The van der Waals surface area contributed by atoms with Crippen LogP contribution in [0.2, 0.25) is 0 Å². The van der Waals surface area contributed by atoms with Crippen LogP contribution < -0.4 is 0 Å². The Bertz CT molecular complexity index is 398. The van der Waals surface area contributed by atoms with Crippen molar-refractivity contribution in [2.75, 3.05) is 5.75 Å². The van der Waals surface area contributed by atoms with Crippen molar-refractivity contribution < 1.29 is 8.60 Å². The molecule has 0 amide bonds. The van der Waals surface area contributed by atoms with Crippen LogP contribution in [0.3, 0.4) is 0 Å². The zero-order valence-corrected chi connectivity index (χ0v) is 8.60. The van der Waals surface area contributed by atoms with E-state index in [9.17, 15) is 8.60 Å². The molecule has 1 aromatic rings. The van der Waals surface area contributed by atoms with E-state index in [1.165, 1.54) is 12.1 Å². The topological polar surface area (TPSA) is 40.9 Å². The van der Waals surface area contributed by atoms with E-state index in [4.69, 9.17) is 5.26 Å². The maximum absolute atomic E-state index is 12.9. The van der Waals surface area contributed by atoms with Crippen LogP contribution in [0.5, 0.6) is 0 Å². The first kappa shape index (κ1) is 10.9. The fourth-order valence-corrected chi connectivity index (χ4v) is 1.79. The summed E-state index contributed by atoms with van der Waals surface area (Å²) < 4.78 is 24.1. The van der Waals surface area contributed by atoms with Gasteiger partial charge in [0, 0.05) is 22.3 Å². The van der Waals surface area contributed by atoms with Gasteiger partial charge in [0.25, 0.3) is 0 Å². The highest BCUT2D eigenvalue weighted by Crippen LogP contribution is 2.11. The Morgan fingerprint density at radius 3 is 2.86 bits per heavy atom. The van der Waals surface area contributed by atoms with Crippen molar-refractivity contribution in [2.45, 2.75) is 12.7 Å². The highest BCUT2D eigenvalue weighted by molar-refractivity contribution is 7.84. The molecule has 1 atom stereocenters. The van der Waals surface area contributed by atoms with E-state index in [1.807, 2.05) is 6.92 Å². The molecule has 1 rings (SSSR count). The van der Waals surface area contributed by atoms with Gasteiger partial charge in [-0.2, -0.15) is 5.26 Å². The molecule has 0 heterocycles. The van der Waals surface area contributed by atoms with Gasteiger partial charge in [-0.1, -0.05) is 13.0 Å². The number of rotatable bonds is 3. The Balaban J connectivity index is 2.91. The number of halogens is 1. The molecule has 0 saturated carbocycles. The molecule has 0 saturated heterocycles. The number of nitrogens with zero attached hydrogens (tertiary/aromatic N) is 1. The van der Waals surface area contributed by atoms with E-state index < -0.39 is 16.6 Å². The van der Waals surface area contributed by atoms with Gasteiger partial charge < -0.3 is 0 Å². The van der Waals surface area contributed by atoms with Crippen molar-refractivity contribution in [1.82, 2.24) is 0 Å². The molecule has 74 valence electrons. The molecule has 0 N–H and O–H groups in total. The maximum Gasteiger partial charge on any atom is 0.140 e. The Morgan fingerprint density at radius 1 is 1.57 bits per heavy atom. The second kappa shape index (κ2) is 4.87. The Morgan fingerprint density at radius 2 is 2.29 bits per heavy atom. The molecule has 0 aliphatic carbocycles. The predicted octanol–water partition coefficient (Wildman–Crippen LogP) is 1.97. The van der Waals surface area contributed by atoms with Crippen LogP contribution in [-0.4, -0.2) is 9.96 Å². The average Bonchev–Trinajstić information content (AvgIpc) is 2.20. The van der Waals surface area contributed by atoms with Crippen LogP contribution in [-0.2, 0) is 16.6 Å². The first-order valence-electron chi connectivity index (χ1n) is 4.21. The Kier molecular flexibility index (Phi) is 3.78. The maximum atomic E-state index is 12.9. The molecule has 0 spiro atoms. The first-order valence-corrected chi connectivity index (χ1v) is 5.69. The summed E-state index contributed by atoms with van der Waals surface area (Å²) in [5.41, 5.74) is 0.749. The Labute approximate surface area is 84.8 Å². The first-order chi connectivity index (χ1) is 6.67. The highest BCUT2D eigenvalue weighted by atomic mass is 32.2. The van der Waals surface area contributed by atoms with Crippen molar-refractivity contribution in [3.8, 4) is 6.07 Å². The zero-order chi connectivity index (χ0) is 10.6.